The van der Waals surface area contributed by atoms with E-state index in [-0.39, 0.29) is 13.2 Å². The van der Waals surface area contributed by atoms with Gasteiger partial charge in [0.2, 0.25) is 0 Å². The molecule has 0 saturated carbocycles. The molecule has 0 aromatic heterocycles. The van der Waals surface area contributed by atoms with Crippen molar-refractivity contribution in [1.82, 2.24) is 5.32 Å². The predicted octanol–water partition coefficient (Wildman–Crippen LogP) is 2.43. The van der Waals surface area contributed by atoms with Crippen LogP contribution in [0.5, 0.6) is 0 Å². The Balaban J connectivity index is 1.57. The van der Waals surface area contributed by atoms with Gasteiger partial charge in [-0.2, -0.15) is 0 Å². The van der Waals surface area contributed by atoms with E-state index >= 15 is 0 Å². The molecule has 0 aliphatic carbocycles. The quantitative estimate of drug-likeness (QED) is 0.844. The van der Waals surface area contributed by atoms with Crippen LogP contribution >= 0.6 is 0 Å². The van der Waals surface area contributed by atoms with Crippen LogP contribution in [0.4, 0.5) is 10.5 Å². The first-order valence-corrected chi connectivity index (χ1v) is 8.16. The normalized spacial score (nSPS) is 13.8. The molecular formula is C19H20N2O4. The first-order chi connectivity index (χ1) is 12.1. The highest BCUT2D eigenvalue weighted by Gasteiger charge is 2.27. The number of ether oxygens (including phenoxy) is 1. The second-order valence-corrected chi connectivity index (χ2v) is 5.92. The Bertz CT molecular complexity index is 748. The van der Waals surface area contributed by atoms with Crippen LogP contribution < -0.4 is 10.2 Å². The number of carboxylic acids is 1. The number of nitrogens with one attached hydrogen (secondary N) is 1. The van der Waals surface area contributed by atoms with Gasteiger partial charge in [0.25, 0.3) is 0 Å². The predicted molar refractivity (Wildman–Crippen MR) is 93.5 cm³/mol. The summed E-state index contributed by atoms with van der Waals surface area (Å²) in [6.07, 6.45) is 0.143. The zero-order chi connectivity index (χ0) is 17.6. The molecule has 6 heteroatoms. The lowest BCUT2D eigenvalue weighted by atomic mass is 10.2. The molecule has 1 aliphatic heterocycles. The lowest BCUT2D eigenvalue weighted by Gasteiger charge is -2.24. The monoisotopic (exact) mass is 340 g/mol. The molecule has 0 fully saturated rings. The summed E-state index contributed by atoms with van der Waals surface area (Å²) in [7, 11) is 0. The zero-order valence-corrected chi connectivity index (χ0v) is 13.7. The van der Waals surface area contributed by atoms with Gasteiger partial charge in [0.05, 0.1) is 0 Å². The summed E-state index contributed by atoms with van der Waals surface area (Å²) in [5, 5.41) is 11.9. The zero-order valence-electron chi connectivity index (χ0n) is 13.7. The SMILES string of the molecule is O=C(NC(CN1CCc2ccccc21)C(=O)O)OCc1ccccc1. The molecule has 1 unspecified atom stereocenters. The van der Waals surface area contributed by atoms with Crippen LogP contribution in [-0.4, -0.2) is 36.3 Å². The average Bonchev–Trinajstić information content (AvgIpc) is 3.03. The van der Waals surface area contributed by atoms with Crippen LogP contribution in [0.1, 0.15) is 11.1 Å². The summed E-state index contributed by atoms with van der Waals surface area (Å²) in [4.78, 5) is 25.4. The van der Waals surface area contributed by atoms with Crippen molar-refractivity contribution >= 4 is 17.7 Å². The smallest absolute Gasteiger partial charge is 0.408 e. The molecule has 1 heterocycles. The third-order valence-electron chi connectivity index (χ3n) is 4.19. The summed E-state index contributed by atoms with van der Waals surface area (Å²) in [5.74, 6) is -1.08. The topological polar surface area (TPSA) is 78.9 Å². The summed E-state index contributed by atoms with van der Waals surface area (Å²) >= 11 is 0. The van der Waals surface area contributed by atoms with Crippen LogP contribution in [0.3, 0.4) is 0 Å². The van der Waals surface area contributed by atoms with Crippen molar-refractivity contribution in [2.75, 3.05) is 18.0 Å². The summed E-state index contributed by atoms with van der Waals surface area (Å²) in [6, 6.07) is 16.1. The van der Waals surface area contributed by atoms with Gasteiger partial charge in [-0.15, -0.1) is 0 Å². The molecular weight excluding hydrogens is 320 g/mol. The first-order valence-electron chi connectivity index (χ1n) is 8.16. The number of amides is 1. The van der Waals surface area contributed by atoms with E-state index in [9.17, 15) is 14.7 Å². The Hall–Kier alpha value is -3.02. The number of nitrogens with zero attached hydrogens (tertiary/aromatic N) is 1. The van der Waals surface area contributed by atoms with Crippen molar-refractivity contribution in [2.45, 2.75) is 19.1 Å². The number of carbonyl (C=O) groups excluding carboxylic acids is 1. The molecule has 1 amide bonds. The van der Waals surface area contributed by atoms with E-state index in [2.05, 4.69) is 5.32 Å². The molecule has 6 nitrogen and oxygen atoms in total. The van der Waals surface area contributed by atoms with Gasteiger partial charge in [0.1, 0.15) is 12.6 Å². The van der Waals surface area contributed by atoms with Gasteiger partial charge in [-0.05, 0) is 23.6 Å². The molecule has 0 spiro atoms. The molecule has 130 valence electrons. The van der Waals surface area contributed by atoms with E-state index in [4.69, 9.17) is 4.74 Å². The highest BCUT2D eigenvalue weighted by atomic mass is 16.5. The van der Waals surface area contributed by atoms with Crippen molar-refractivity contribution in [3.05, 3.63) is 65.7 Å². The lowest BCUT2D eigenvalue weighted by molar-refractivity contribution is -0.139. The van der Waals surface area contributed by atoms with E-state index in [1.807, 2.05) is 59.5 Å². The van der Waals surface area contributed by atoms with Crippen molar-refractivity contribution in [1.29, 1.82) is 0 Å². The van der Waals surface area contributed by atoms with Gasteiger partial charge in [-0.3, -0.25) is 0 Å². The van der Waals surface area contributed by atoms with Gasteiger partial charge in [0.15, 0.2) is 0 Å². The second kappa shape index (κ2) is 7.70. The number of fused-ring (bicyclic) bond motifs is 1. The fourth-order valence-electron chi connectivity index (χ4n) is 2.91. The Morgan fingerprint density at radius 3 is 2.60 bits per heavy atom. The van der Waals surface area contributed by atoms with Crippen LogP contribution in [0.15, 0.2) is 54.6 Å². The number of anilines is 1. The standard InChI is InChI=1S/C19H20N2O4/c22-18(23)16(12-21-11-10-15-8-4-5-9-17(15)21)20-19(24)25-13-14-6-2-1-3-7-14/h1-9,16H,10-13H2,(H,20,24)(H,22,23). The van der Waals surface area contributed by atoms with E-state index in [0.29, 0.717) is 0 Å². The van der Waals surface area contributed by atoms with E-state index in [1.165, 1.54) is 5.56 Å². The van der Waals surface area contributed by atoms with Crippen LogP contribution in [-0.2, 0) is 22.6 Å². The largest absolute Gasteiger partial charge is 0.480 e. The molecule has 2 aromatic rings. The highest BCUT2D eigenvalue weighted by Crippen LogP contribution is 2.27. The molecule has 1 aliphatic rings. The summed E-state index contributed by atoms with van der Waals surface area (Å²) < 4.78 is 5.11. The number of carboxylic acid groups (broad SMARTS) is 1. The minimum absolute atomic E-state index is 0.103. The summed E-state index contributed by atoms with van der Waals surface area (Å²) in [6.45, 7) is 1.04. The van der Waals surface area contributed by atoms with Gasteiger partial charge in [-0.1, -0.05) is 48.5 Å². The van der Waals surface area contributed by atoms with E-state index in [1.54, 1.807) is 0 Å². The third-order valence-corrected chi connectivity index (χ3v) is 4.19. The van der Waals surface area contributed by atoms with Gasteiger partial charge in [-0.25, -0.2) is 9.59 Å². The number of aliphatic carboxylic acids is 1. The lowest BCUT2D eigenvalue weighted by Crippen LogP contribution is -2.48. The number of carbonyl (C=O) groups is 2. The molecule has 0 bridgehead atoms. The van der Waals surface area contributed by atoms with Crippen molar-refractivity contribution in [3.8, 4) is 0 Å². The van der Waals surface area contributed by atoms with Gasteiger partial charge >= 0.3 is 12.1 Å². The number of benzene rings is 2. The average molecular weight is 340 g/mol. The maximum absolute atomic E-state index is 11.9. The Morgan fingerprint density at radius 1 is 1.12 bits per heavy atom. The van der Waals surface area contributed by atoms with Gasteiger partial charge in [0, 0.05) is 18.8 Å². The fourth-order valence-corrected chi connectivity index (χ4v) is 2.91. The minimum Gasteiger partial charge on any atom is -0.480 e. The number of para-hydroxylation sites is 1. The minimum atomic E-state index is -1.08. The van der Waals surface area contributed by atoms with Crippen molar-refractivity contribution in [3.63, 3.8) is 0 Å². The van der Waals surface area contributed by atoms with E-state index < -0.39 is 18.1 Å². The second-order valence-electron chi connectivity index (χ2n) is 5.92. The van der Waals surface area contributed by atoms with Crippen LogP contribution in [0.2, 0.25) is 0 Å². The summed E-state index contributed by atoms with van der Waals surface area (Å²) in [5.41, 5.74) is 3.06. The Morgan fingerprint density at radius 2 is 1.84 bits per heavy atom. The van der Waals surface area contributed by atoms with Crippen LogP contribution in [0, 0.1) is 0 Å². The van der Waals surface area contributed by atoms with Crippen LogP contribution in [0.25, 0.3) is 0 Å². The Kier molecular flexibility index (Phi) is 5.18. The Labute approximate surface area is 146 Å². The fraction of sp³-hybridized carbons (Fsp3) is 0.263. The molecule has 25 heavy (non-hydrogen) atoms. The third kappa shape index (κ3) is 4.29. The molecule has 1 atom stereocenters. The van der Waals surface area contributed by atoms with E-state index in [0.717, 1.165) is 24.2 Å². The molecule has 0 saturated heterocycles. The number of hydrogen-bond acceptors (Lipinski definition) is 4. The number of rotatable bonds is 6. The molecule has 2 aromatic carbocycles. The molecule has 3 rings (SSSR count). The number of hydrogen-bond donors (Lipinski definition) is 2. The maximum atomic E-state index is 11.9. The van der Waals surface area contributed by atoms with Gasteiger partial charge < -0.3 is 20.1 Å². The van der Waals surface area contributed by atoms with Crippen molar-refractivity contribution in [2.24, 2.45) is 0 Å². The number of alkyl carbamates (subject to hydrolysis) is 1. The molecule has 0 radical (unpaired) electrons. The first kappa shape index (κ1) is 16.8. The highest BCUT2D eigenvalue weighted by molar-refractivity contribution is 5.81. The molecule has 2 N–H and O–H groups in total. The van der Waals surface area contributed by atoms with Crippen molar-refractivity contribution < 1.29 is 19.4 Å². The maximum Gasteiger partial charge on any atom is 0.408 e.